The summed E-state index contributed by atoms with van der Waals surface area (Å²) in [5.74, 6) is -0.763. The zero-order chi connectivity index (χ0) is 26.0. The number of carbonyl (C=O) groups is 1. The molecule has 1 saturated heterocycles. The van der Waals surface area contributed by atoms with Crippen LogP contribution < -0.4 is 11.1 Å². The number of benzene rings is 1. The standard InChI is InChI=1S/C25H24F3N7O2/c26-25(27,28)19-13-18(14-32-23(19)29)20-5-6-22-31-15-21(35(22)33-20)16-1-3-17(4-2-16)24(36)30-7-8-34-9-11-37-12-10-34/h1-6,13-15H,7-12H2,(H2,29,32)(H,30,36). The molecule has 0 atom stereocenters. The number of nitrogen functional groups attached to an aromatic ring is 1. The number of amides is 1. The van der Waals surface area contributed by atoms with E-state index in [1.54, 1.807) is 42.6 Å². The maximum Gasteiger partial charge on any atom is 0.419 e. The van der Waals surface area contributed by atoms with Gasteiger partial charge in [0.1, 0.15) is 5.82 Å². The zero-order valence-electron chi connectivity index (χ0n) is 19.7. The van der Waals surface area contributed by atoms with E-state index in [0.29, 0.717) is 36.7 Å². The van der Waals surface area contributed by atoms with Crippen molar-refractivity contribution in [1.29, 1.82) is 0 Å². The van der Waals surface area contributed by atoms with Gasteiger partial charge >= 0.3 is 6.18 Å². The first-order valence-corrected chi connectivity index (χ1v) is 11.7. The largest absolute Gasteiger partial charge is 0.419 e. The second-order valence-electron chi connectivity index (χ2n) is 8.57. The highest BCUT2D eigenvalue weighted by Gasteiger charge is 2.34. The van der Waals surface area contributed by atoms with Gasteiger partial charge in [0.15, 0.2) is 5.65 Å². The number of imidazole rings is 1. The van der Waals surface area contributed by atoms with Crippen molar-refractivity contribution in [2.75, 3.05) is 45.1 Å². The first-order chi connectivity index (χ1) is 17.8. The van der Waals surface area contributed by atoms with E-state index in [1.165, 1.54) is 10.7 Å². The molecule has 1 amide bonds. The van der Waals surface area contributed by atoms with Crippen LogP contribution in [0.4, 0.5) is 19.0 Å². The highest BCUT2D eigenvalue weighted by molar-refractivity contribution is 5.94. The fraction of sp³-hybridized carbons (Fsp3) is 0.280. The van der Waals surface area contributed by atoms with Crippen LogP contribution in [-0.4, -0.2) is 69.8 Å². The van der Waals surface area contributed by atoms with Gasteiger partial charge in [0.05, 0.1) is 36.4 Å². The molecular formula is C25H24F3N7O2. The number of fused-ring (bicyclic) bond motifs is 1. The number of anilines is 1. The fourth-order valence-corrected chi connectivity index (χ4v) is 4.11. The van der Waals surface area contributed by atoms with Gasteiger partial charge in [0.2, 0.25) is 0 Å². The van der Waals surface area contributed by atoms with Crippen molar-refractivity contribution in [3.63, 3.8) is 0 Å². The van der Waals surface area contributed by atoms with E-state index in [1.807, 2.05) is 0 Å². The minimum absolute atomic E-state index is 0.172. The summed E-state index contributed by atoms with van der Waals surface area (Å²) in [6.45, 7) is 4.44. The Hall–Kier alpha value is -4.03. The van der Waals surface area contributed by atoms with Gasteiger partial charge < -0.3 is 15.8 Å². The Kier molecular flexibility index (Phi) is 6.76. The highest BCUT2D eigenvalue weighted by atomic mass is 19.4. The summed E-state index contributed by atoms with van der Waals surface area (Å²) in [4.78, 5) is 22.8. The molecule has 3 aromatic heterocycles. The van der Waals surface area contributed by atoms with Gasteiger partial charge in [-0.2, -0.15) is 18.3 Å². The number of rotatable bonds is 6. The molecule has 0 bridgehead atoms. The maximum atomic E-state index is 13.3. The summed E-state index contributed by atoms with van der Waals surface area (Å²) < 4.78 is 46.7. The molecule has 1 aliphatic rings. The predicted molar refractivity (Wildman–Crippen MR) is 131 cm³/mol. The molecule has 37 heavy (non-hydrogen) atoms. The summed E-state index contributed by atoms with van der Waals surface area (Å²) >= 11 is 0. The lowest BCUT2D eigenvalue weighted by Gasteiger charge is -2.26. The number of halogens is 3. The predicted octanol–water partition coefficient (Wildman–Crippen LogP) is 3.12. The van der Waals surface area contributed by atoms with E-state index in [-0.39, 0.29) is 17.2 Å². The highest BCUT2D eigenvalue weighted by Crippen LogP contribution is 2.35. The van der Waals surface area contributed by atoms with Crippen molar-refractivity contribution in [2.45, 2.75) is 6.18 Å². The molecule has 9 nitrogen and oxygen atoms in total. The molecule has 1 fully saturated rings. The summed E-state index contributed by atoms with van der Waals surface area (Å²) in [6.07, 6.45) is -1.76. The van der Waals surface area contributed by atoms with Crippen LogP contribution in [0.5, 0.6) is 0 Å². The molecule has 3 N–H and O–H groups in total. The lowest BCUT2D eigenvalue weighted by molar-refractivity contribution is -0.137. The zero-order valence-corrected chi connectivity index (χ0v) is 19.7. The lowest BCUT2D eigenvalue weighted by atomic mass is 10.1. The quantitative estimate of drug-likeness (QED) is 0.409. The van der Waals surface area contributed by atoms with E-state index in [0.717, 1.165) is 31.3 Å². The molecule has 5 rings (SSSR count). The average molecular weight is 512 g/mol. The van der Waals surface area contributed by atoms with Gasteiger partial charge in [0.25, 0.3) is 5.91 Å². The Balaban J connectivity index is 1.34. The van der Waals surface area contributed by atoms with Crippen molar-refractivity contribution in [2.24, 2.45) is 0 Å². The Morgan fingerprint density at radius 2 is 1.78 bits per heavy atom. The Labute approximate surface area is 210 Å². The van der Waals surface area contributed by atoms with E-state index < -0.39 is 17.6 Å². The molecule has 0 unspecified atom stereocenters. The Morgan fingerprint density at radius 3 is 2.51 bits per heavy atom. The second kappa shape index (κ2) is 10.1. The normalized spacial score (nSPS) is 14.7. The van der Waals surface area contributed by atoms with Gasteiger partial charge in [-0.3, -0.25) is 9.69 Å². The first kappa shape index (κ1) is 24.7. The van der Waals surface area contributed by atoms with Crippen molar-refractivity contribution < 1.29 is 22.7 Å². The molecule has 0 radical (unpaired) electrons. The Morgan fingerprint density at radius 1 is 1.03 bits per heavy atom. The lowest BCUT2D eigenvalue weighted by Crippen LogP contribution is -2.41. The molecule has 0 aliphatic carbocycles. The topological polar surface area (TPSA) is 111 Å². The molecule has 1 aliphatic heterocycles. The molecule has 1 aromatic carbocycles. The Bertz CT molecular complexity index is 1410. The third-order valence-electron chi connectivity index (χ3n) is 6.14. The van der Waals surface area contributed by atoms with Crippen LogP contribution in [0.1, 0.15) is 15.9 Å². The number of nitrogens with zero attached hydrogens (tertiary/aromatic N) is 5. The molecule has 0 spiro atoms. The van der Waals surface area contributed by atoms with E-state index in [9.17, 15) is 18.0 Å². The second-order valence-corrected chi connectivity index (χ2v) is 8.57. The molecule has 192 valence electrons. The van der Waals surface area contributed by atoms with Crippen LogP contribution >= 0.6 is 0 Å². The molecule has 12 heteroatoms. The van der Waals surface area contributed by atoms with E-state index in [2.05, 4.69) is 25.3 Å². The number of aromatic nitrogens is 4. The number of carbonyl (C=O) groups excluding carboxylic acids is 1. The van der Waals surface area contributed by atoms with Crippen LogP contribution in [0.2, 0.25) is 0 Å². The van der Waals surface area contributed by atoms with E-state index in [4.69, 9.17) is 10.5 Å². The van der Waals surface area contributed by atoms with Crippen molar-refractivity contribution >= 4 is 17.4 Å². The summed E-state index contributed by atoms with van der Waals surface area (Å²) in [6, 6.07) is 11.1. The van der Waals surface area contributed by atoms with Crippen molar-refractivity contribution in [3.05, 3.63) is 66.0 Å². The number of ether oxygens (including phenoxy) is 1. The average Bonchev–Trinajstić information content (AvgIpc) is 3.32. The smallest absolute Gasteiger partial charge is 0.383 e. The molecular weight excluding hydrogens is 487 g/mol. The van der Waals surface area contributed by atoms with Crippen molar-refractivity contribution in [3.8, 4) is 22.5 Å². The third-order valence-corrected chi connectivity index (χ3v) is 6.14. The first-order valence-electron chi connectivity index (χ1n) is 11.7. The number of nitrogens with one attached hydrogen (secondary N) is 1. The number of alkyl halides is 3. The fourth-order valence-electron chi connectivity index (χ4n) is 4.11. The summed E-state index contributed by atoms with van der Waals surface area (Å²) in [7, 11) is 0. The summed E-state index contributed by atoms with van der Waals surface area (Å²) in [5.41, 5.74) is 7.25. The molecule has 0 saturated carbocycles. The SMILES string of the molecule is Nc1ncc(-c2ccc3ncc(-c4ccc(C(=O)NCCN5CCOCC5)cc4)n3n2)cc1C(F)(F)F. The number of pyridine rings is 1. The van der Waals surface area contributed by atoms with E-state index >= 15 is 0 Å². The van der Waals surface area contributed by atoms with Gasteiger partial charge in [-0.15, -0.1) is 0 Å². The van der Waals surface area contributed by atoms with Gasteiger partial charge in [-0.05, 0) is 30.3 Å². The maximum absolute atomic E-state index is 13.3. The van der Waals surface area contributed by atoms with Gasteiger partial charge in [-0.25, -0.2) is 14.5 Å². The van der Waals surface area contributed by atoms with Gasteiger partial charge in [-0.1, -0.05) is 12.1 Å². The van der Waals surface area contributed by atoms with Crippen LogP contribution in [-0.2, 0) is 10.9 Å². The molecule has 4 aromatic rings. The minimum atomic E-state index is -4.63. The molecule has 4 heterocycles. The van der Waals surface area contributed by atoms with Crippen LogP contribution in [0.25, 0.3) is 28.2 Å². The third kappa shape index (κ3) is 5.39. The van der Waals surface area contributed by atoms with Crippen LogP contribution in [0.15, 0.2) is 54.9 Å². The van der Waals surface area contributed by atoms with Crippen LogP contribution in [0, 0.1) is 0 Å². The van der Waals surface area contributed by atoms with Crippen molar-refractivity contribution in [1.82, 2.24) is 29.8 Å². The van der Waals surface area contributed by atoms with Crippen LogP contribution in [0.3, 0.4) is 0 Å². The minimum Gasteiger partial charge on any atom is -0.383 e. The monoisotopic (exact) mass is 511 g/mol. The summed E-state index contributed by atoms with van der Waals surface area (Å²) in [5, 5.41) is 7.42. The number of nitrogens with two attached hydrogens (primary N) is 1. The van der Waals surface area contributed by atoms with Gasteiger partial charge in [0, 0.05) is 49.1 Å². The number of hydrogen-bond donors (Lipinski definition) is 2. The number of hydrogen-bond acceptors (Lipinski definition) is 7. The number of morpholine rings is 1.